The van der Waals surface area contributed by atoms with Gasteiger partial charge >= 0.3 is 17.9 Å². The molecular formula is C21H23NO10. The molecule has 172 valence electrons. The summed E-state index contributed by atoms with van der Waals surface area (Å²) in [7, 11) is 1.50. The normalized spacial score (nSPS) is 31.0. The van der Waals surface area contributed by atoms with Gasteiger partial charge in [-0.2, -0.15) is 5.26 Å². The lowest BCUT2D eigenvalue weighted by molar-refractivity contribution is -0.266. The molecule has 2 saturated heterocycles. The van der Waals surface area contributed by atoms with Crippen LogP contribution in [-0.4, -0.2) is 62.3 Å². The van der Waals surface area contributed by atoms with Crippen molar-refractivity contribution >= 4 is 17.9 Å². The first-order valence-electron chi connectivity index (χ1n) is 9.73. The second kappa shape index (κ2) is 9.52. The number of nitriles is 1. The predicted molar refractivity (Wildman–Crippen MR) is 103 cm³/mol. The highest BCUT2D eigenvalue weighted by Crippen LogP contribution is 2.44. The Morgan fingerprint density at radius 1 is 1.00 bits per heavy atom. The highest BCUT2D eigenvalue weighted by molar-refractivity contribution is 5.68. The third-order valence-corrected chi connectivity index (χ3v) is 4.85. The summed E-state index contributed by atoms with van der Waals surface area (Å²) >= 11 is 0. The Labute approximate surface area is 184 Å². The fraction of sp³-hybridized carbons (Fsp3) is 0.524. The number of ether oxygens (including phenoxy) is 7. The maximum Gasteiger partial charge on any atom is 0.303 e. The molecular weight excluding hydrogens is 426 g/mol. The largest absolute Gasteiger partial charge is 0.497 e. The summed E-state index contributed by atoms with van der Waals surface area (Å²) in [4.78, 5) is 34.8. The number of rotatable bonds is 6. The topological polar surface area (TPSA) is 140 Å². The number of hydrogen-bond acceptors (Lipinski definition) is 11. The van der Waals surface area contributed by atoms with E-state index in [-0.39, 0.29) is 6.61 Å². The van der Waals surface area contributed by atoms with Crippen LogP contribution in [0.5, 0.6) is 5.75 Å². The molecule has 32 heavy (non-hydrogen) atoms. The van der Waals surface area contributed by atoms with Gasteiger partial charge in [-0.05, 0) is 24.3 Å². The minimum atomic E-state index is -1.89. The molecule has 11 heteroatoms. The van der Waals surface area contributed by atoms with Crippen LogP contribution in [0.2, 0.25) is 0 Å². The van der Waals surface area contributed by atoms with Crippen molar-refractivity contribution < 1.29 is 47.5 Å². The molecule has 2 heterocycles. The van der Waals surface area contributed by atoms with Gasteiger partial charge in [0.05, 0.1) is 7.11 Å². The van der Waals surface area contributed by atoms with Crippen LogP contribution in [0, 0.1) is 11.3 Å². The molecule has 2 aliphatic heterocycles. The zero-order chi connectivity index (χ0) is 23.5. The Hall–Kier alpha value is -3.20. The van der Waals surface area contributed by atoms with E-state index in [2.05, 4.69) is 0 Å². The zero-order valence-corrected chi connectivity index (χ0v) is 17.9. The van der Waals surface area contributed by atoms with Crippen molar-refractivity contribution in [2.24, 2.45) is 0 Å². The average molecular weight is 449 g/mol. The van der Waals surface area contributed by atoms with E-state index in [0.29, 0.717) is 11.3 Å². The lowest BCUT2D eigenvalue weighted by Crippen LogP contribution is -2.60. The number of carbonyl (C=O) groups excluding carboxylic acids is 3. The van der Waals surface area contributed by atoms with Crippen LogP contribution in [0.3, 0.4) is 0 Å². The summed E-state index contributed by atoms with van der Waals surface area (Å²) < 4.78 is 38.5. The van der Waals surface area contributed by atoms with Gasteiger partial charge in [0.2, 0.25) is 0 Å². The first-order valence-corrected chi connectivity index (χ1v) is 9.73. The first kappa shape index (κ1) is 23.5. The number of nitrogens with zero attached hydrogens (tertiary/aromatic N) is 1. The van der Waals surface area contributed by atoms with Gasteiger partial charge in [0.15, 0.2) is 24.6 Å². The van der Waals surface area contributed by atoms with Crippen molar-refractivity contribution in [3.63, 3.8) is 0 Å². The number of carbonyl (C=O) groups is 3. The lowest BCUT2D eigenvalue weighted by Gasteiger charge is -2.40. The Morgan fingerprint density at radius 3 is 2.16 bits per heavy atom. The number of esters is 3. The number of benzene rings is 1. The van der Waals surface area contributed by atoms with Crippen LogP contribution in [-0.2, 0) is 48.6 Å². The van der Waals surface area contributed by atoms with E-state index in [1.54, 1.807) is 24.3 Å². The zero-order valence-electron chi connectivity index (χ0n) is 17.9. The van der Waals surface area contributed by atoms with Crippen LogP contribution in [0.25, 0.3) is 0 Å². The summed E-state index contributed by atoms with van der Waals surface area (Å²) in [6.07, 6.45) is -5.70. The molecule has 11 nitrogen and oxygen atoms in total. The summed E-state index contributed by atoms with van der Waals surface area (Å²) in [5.74, 6) is -3.28. The van der Waals surface area contributed by atoms with Crippen molar-refractivity contribution in [2.45, 2.75) is 57.3 Å². The van der Waals surface area contributed by atoms with E-state index in [9.17, 15) is 19.6 Å². The maximum atomic E-state index is 11.8. The molecule has 1 aromatic rings. The standard InChI is InChI=1S/C21H23NO10/c1-11(23)27-9-16-17(28-12(2)24)18(29-13(3)25)19-20(30-16)32-21(10-22,31-19)14-5-7-15(26-4)8-6-14/h5-8,16-20H,9H2,1-4H3/t16-,17+,18+,19-,20-,21?/m1/s1. The van der Waals surface area contributed by atoms with Crippen LogP contribution in [0.1, 0.15) is 26.3 Å². The molecule has 2 aliphatic rings. The van der Waals surface area contributed by atoms with Gasteiger partial charge in [-0.25, -0.2) is 0 Å². The van der Waals surface area contributed by atoms with Gasteiger partial charge in [-0.1, -0.05) is 0 Å². The third kappa shape index (κ3) is 4.83. The van der Waals surface area contributed by atoms with Gasteiger partial charge in [0, 0.05) is 26.3 Å². The second-order valence-electron chi connectivity index (χ2n) is 7.15. The van der Waals surface area contributed by atoms with Crippen LogP contribution in [0.15, 0.2) is 24.3 Å². The minimum absolute atomic E-state index is 0.306. The fourth-order valence-corrected chi connectivity index (χ4v) is 3.54. The maximum absolute atomic E-state index is 11.8. The summed E-state index contributed by atoms with van der Waals surface area (Å²) in [5, 5.41) is 9.92. The quantitative estimate of drug-likeness (QED) is 0.453. The van der Waals surface area contributed by atoms with Crippen molar-refractivity contribution in [3.8, 4) is 11.8 Å². The molecule has 0 aromatic heterocycles. The summed E-state index contributed by atoms with van der Waals surface area (Å²) in [6.45, 7) is 3.24. The Morgan fingerprint density at radius 2 is 1.62 bits per heavy atom. The van der Waals surface area contributed by atoms with Crippen molar-refractivity contribution in [2.75, 3.05) is 13.7 Å². The van der Waals surface area contributed by atoms with Crippen LogP contribution < -0.4 is 4.74 Å². The molecule has 0 N–H and O–H groups in total. The van der Waals surface area contributed by atoms with Gasteiger partial charge in [-0.15, -0.1) is 0 Å². The monoisotopic (exact) mass is 449 g/mol. The molecule has 1 unspecified atom stereocenters. The SMILES string of the molecule is COc1ccc(C2(C#N)O[C@H]3O[C@H](COC(C)=O)[C@H](OC(C)=O)[C@H](OC(C)=O)[C@H]3O2)cc1. The summed E-state index contributed by atoms with van der Waals surface area (Å²) in [5.41, 5.74) is 0.348. The molecule has 0 saturated carbocycles. The van der Waals surface area contributed by atoms with Crippen molar-refractivity contribution in [3.05, 3.63) is 29.8 Å². The first-order chi connectivity index (χ1) is 15.2. The Kier molecular flexibility index (Phi) is 6.98. The van der Waals surface area contributed by atoms with Crippen molar-refractivity contribution in [1.29, 1.82) is 5.26 Å². The van der Waals surface area contributed by atoms with Crippen LogP contribution in [0.4, 0.5) is 0 Å². The molecule has 0 amide bonds. The van der Waals surface area contributed by atoms with E-state index >= 15 is 0 Å². The molecule has 0 aliphatic carbocycles. The Balaban J connectivity index is 1.96. The molecule has 0 radical (unpaired) electrons. The molecule has 3 rings (SSSR count). The van der Waals surface area contributed by atoms with Gasteiger partial charge in [0.25, 0.3) is 5.79 Å². The lowest BCUT2D eigenvalue weighted by atomic mass is 9.98. The molecule has 0 spiro atoms. The third-order valence-electron chi connectivity index (χ3n) is 4.85. The molecule has 6 atom stereocenters. The van der Waals surface area contributed by atoms with E-state index < -0.39 is 54.4 Å². The van der Waals surface area contributed by atoms with E-state index in [1.807, 2.05) is 6.07 Å². The minimum Gasteiger partial charge on any atom is -0.497 e. The van der Waals surface area contributed by atoms with Gasteiger partial charge < -0.3 is 33.2 Å². The highest BCUT2D eigenvalue weighted by atomic mass is 16.8. The molecule has 1 aromatic carbocycles. The van der Waals surface area contributed by atoms with E-state index in [1.165, 1.54) is 27.9 Å². The fourth-order valence-electron chi connectivity index (χ4n) is 3.54. The average Bonchev–Trinajstić information content (AvgIpc) is 3.13. The summed E-state index contributed by atoms with van der Waals surface area (Å²) in [6, 6.07) is 8.40. The number of hydrogen-bond donors (Lipinski definition) is 0. The second-order valence-corrected chi connectivity index (χ2v) is 7.15. The smallest absolute Gasteiger partial charge is 0.303 e. The number of fused-ring (bicyclic) bond motifs is 1. The van der Waals surface area contributed by atoms with Gasteiger partial charge in [0.1, 0.15) is 24.5 Å². The van der Waals surface area contributed by atoms with E-state index in [0.717, 1.165) is 0 Å². The van der Waals surface area contributed by atoms with Crippen molar-refractivity contribution in [1.82, 2.24) is 0 Å². The highest BCUT2D eigenvalue weighted by Gasteiger charge is 2.61. The van der Waals surface area contributed by atoms with Gasteiger partial charge in [-0.3, -0.25) is 14.4 Å². The Bertz CT molecular complexity index is 910. The molecule has 2 fully saturated rings. The van der Waals surface area contributed by atoms with Crippen LogP contribution >= 0.6 is 0 Å². The number of methoxy groups -OCH3 is 1. The molecule has 0 bridgehead atoms. The van der Waals surface area contributed by atoms with E-state index in [4.69, 9.17) is 33.2 Å². The predicted octanol–water partition coefficient (Wildman–Crippen LogP) is 0.938.